The van der Waals surface area contributed by atoms with Gasteiger partial charge in [-0.15, -0.1) is 10.2 Å². The van der Waals surface area contributed by atoms with Gasteiger partial charge in [-0.1, -0.05) is 25.1 Å². The fourth-order valence-corrected chi connectivity index (χ4v) is 2.71. The number of aromatic nitrogens is 5. The fraction of sp³-hybridized carbons (Fsp3) is 0.368. The van der Waals surface area contributed by atoms with Crippen LogP contribution in [0.3, 0.4) is 0 Å². The van der Waals surface area contributed by atoms with E-state index in [1.807, 2.05) is 47.4 Å². The first-order chi connectivity index (χ1) is 13.3. The molecular formula is C19H26N8. The molecule has 27 heavy (non-hydrogen) atoms. The molecule has 0 aliphatic rings. The van der Waals surface area contributed by atoms with Gasteiger partial charge in [0, 0.05) is 37.8 Å². The number of hydrogen-bond donors (Lipinski definition) is 2. The molecule has 0 saturated heterocycles. The van der Waals surface area contributed by atoms with Crippen LogP contribution in [0, 0.1) is 0 Å². The van der Waals surface area contributed by atoms with Gasteiger partial charge < -0.3 is 15.2 Å². The minimum Gasteiger partial charge on any atom is -0.357 e. The first-order valence-electron chi connectivity index (χ1n) is 9.28. The Morgan fingerprint density at radius 1 is 1.15 bits per heavy atom. The molecule has 0 spiro atoms. The van der Waals surface area contributed by atoms with Gasteiger partial charge in [0.05, 0.1) is 18.4 Å². The molecule has 2 heterocycles. The molecule has 0 aliphatic carbocycles. The summed E-state index contributed by atoms with van der Waals surface area (Å²) in [6.07, 6.45) is 6.50. The molecule has 0 fully saturated rings. The number of aliphatic imine (C=N–C) groups is 1. The highest BCUT2D eigenvalue weighted by Gasteiger charge is 2.04. The third kappa shape index (κ3) is 5.16. The topological polar surface area (TPSA) is 85.0 Å². The van der Waals surface area contributed by atoms with Crippen LogP contribution in [0.15, 0.2) is 54.0 Å². The van der Waals surface area contributed by atoms with E-state index in [9.17, 15) is 0 Å². The first-order valence-corrected chi connectivity index (χ1v) is 9.28. The summed E-state index contributed by atoms with van der Waals surface area (Å²) < 4.78 is 3.92. The van der Waals surface area contributed by atoms with E-state index in [1.165, 1.54) is 0 Å². The highest BCUT2D eigenvalue weighted by atomic mass is 15.3. The highest BCUT2D eigenvalue weighted by molar-refractivity contribution is 5.79. The minimum atomic E-state index is 0.564. The summed E-state index contributed by atoms with van der Waals surface area (Å²) in [4.78, 5) is 4.65. The van der Waals surface area contributed by atoms with E-state index in [0.29, 0.717) is 6.54 Å². The average Bonchev–Trinajstić information content (AvgIpc) is 3.36. The molecule has 0 amide bonds. The maximum absolute atomic E-state index is 4.65. The Balaban J connectivity index is 1.56. The summed E-state index contributed by atoms with van der Waals surface area (Å²) in [6.45, 7) is 7.05. The lowest BCUT2D eigenvalue weighted by Crippen LogP contribution is -2.38. The van der Waals surface area contributed by atoms with Crippen molar-refractivity contribution < 1.29 is 0 Å². The maximum atomic E-state index is 4.65. The molecular weight excluding hydrogens is 340 g/mol. The van der Waals surface area contributed by atoms with E-state index in [2.05, 4.69) is 49.3 Å². The zero-order chi connectivity index (χ0) is 18.9. The zero-order valence-electron chi connectivity index (χ0n) is 15.8. The predicted molar refractivity (Wildman–Crippen MR) is 106 cm³/mol. The number of aryl methyl sites for hydroxylation is 1. The summed E-state index contributed by atoms with van der Waals surface area (Å²) in [5.74, 6) is 1.78. The second-order valence-electron chi connectivity index (χ2n) is 6.04. The molecule has 0 atom stereocenters. The van der Waals surface area contributed by atoms with Crippen LogP contribution in [0.1, 0.15) is 25.2 Å². The van der Waals surface area contributed by atoms with Crippen molar-refractivity contribution in [2.45, 2.75) is 33.4 Å². The summed E-state index contributed by atoms with van der Waals surface area (Å²) in [6, 6.07) is 10.1. The van der Waals surface area contributed by atoms with Gasteiger partial charge in [-0.2, -0.15) is 5.10 Å². The number of nitrogens with one attached hydrogen (secondary N) is 2. The van der Waals surface area contributed by atoms with Gasteiger partial charge in [-0.05, 0) is 19.1 Å². The molecule has 8 nitrogen and oxygen atoms in total. The van der Waals surface area contributed by atoms with Crippen LogP contribution in [-0.4, -0.2) is 43.6 Å². The molecule has 142 valence electrons. The number of para-hydroxylation sites is 1. The average molecular weight is 366 g/mol. The van der Waals surface area contributed by atoms with Gasteiger partial charge in [0.15, 0.2) is 5.96 Å². The van der Waals surface area contributed by atoms with Crippen molar-refractivity contribution in [2.24, 2.45) is 4.99 Å². The molecule has 3 rings (SSSR count). The van der Waals surface area contributed by atoms with E-state index in [-0.39, 0.29) is 0 Å². The van der Waals surface area contributed by atoms with E-state index < -0.39 is 0 Å². The van der Waals surface area contributed by atoms with Crippen molar-refractivity contribution in [1.82, 2.24) is 35.2 Å². The number of guanidine groups is 1. The second-order valence-corrected chi connectivity index (χ2v) is 6.04. The largest absolute Gasteiger partial charge is 0.357 e. The van der Waals surface area contributed by atoms with Crippen molar-refractivity contribution in [1.29, 1.82) is 0 Å². The molecule has 1 aromatic carbocycles. The van der Waals surface area contributed by atoms with Crippen LogP contribution in [0.4, 0.5) is 0 Å². The molecule has 0 saturated carbocycles. The Morgan fingerprint density at radius 3 is 2.78 bits per heavy atom. The Kier molecular flexibility index (Phi) is 6.56. The van der Waals surface area contributed by atoms with E-state index >= 15 is 0 Å². The summed E-state index contributed by atoms with van der Waals surface area (Å²) in [7, 11) is 0. The normalized spacial score (nSPS) is 11.6. The maximum Gasteiger partial charge on any atom is 0.191 e. The summed E-state index contributed by atoms with van der Waals surface area (Å²) in [5, 5.41) is 19.1. The van der Waals surface area contributed by atoms with Crippen LogP contribution in [0.5, 0.6) is 0 Å². The van der Waals surface area contributed by atoms with Crippen molar-refractivity contribution in [2.75, 3.05) is 13.1 Å². The van der Waals surface area contributed by atoms with Crippen LogP contribution < -0.4 is 10.6 Å². The summed E-state index contributed by atoms with van der Waals surface area (Å²) in [5.41, 5.74) is 2.10. The minimum absolute atomic E-state index is 0.564. The van der Waals surface area contributed by atoms with Crippen molar-refractivity contribution in [3.63, 3.8) is 0 Å². The van der Waals surface area contributed by atoms with Gasteiger partial charge in [0.2, 0.25) is 0 Å². The van der Waals surface area contributed by atoms with Gasteiger partial charge in [0.1, 0.15) is 12.2 Å². The van der Waals surface area contributed by atoms with Crippen LogP contribution in [-0.2, 0) is 19.5 Å². The first kappa shape index (κ1) is 18.6. The smallest absolute Gasteiger partial charge is 0.191 e. The predicted octanol–water partition coefficient (Wildman–Crippen LogP) is 1.78. The molecule has 0 radical (unpaired) electrons. The van der Waals surface area contributed by atoms with Gasteiger partial charge in [-0.25, -0.2) is 9.67 Å². The zero-order valence-corrected chi connectivity index (χ0v) is 15.8. The third-order valence-corrected chi connectivity index (χ3v) is 4.08. The lowest BCUT2D eigenvalue weighted by molar-refractivity contribution is 0.632. The van der Waals surface area contributed by atoms with Crippen molar-refractivity contribution >= 4 is 5.96 Å². The molecule has 2 N–H and O–H groups in total. The van der Waals surface area contributed by atoms with Crippen molar-refractivity contribution in [3.8, 4) is 5.69 Å². The van der Waals surface area contributed by atoms with E-state index in [4.69, 9.17) is 0 Å². The standard InChI is InChI=1S/C19H26N8/c1-3-18-25-23-15-26(18)11-10-21-19(20-4-2)22-12-16-13-24-27(14-16)17-8-6-5-7-9-17/h5-9,13-15H,3-4,10-12H2,1-2H3,(H2,20,21,22). The number of rotatable bonds is 8. The third-order valence-electron chi connectivity index (χ3n) is 4.08. The monoisotopic (exact) mass is 366 g/mol. The SMILES string of the molecule is CCNC(=NCc1cnn(-c2ccccc2)c1)NCCn1cnnc1CC. The highest BCUT2D eigenvalue weighted by Crippen LogP contribution is 2.08. The lowest BCUT2D eigenvalue weighted by atomic mass is 10.3. The Morgan fingerprint density at radius 2 is 2.00 bits per heavy atom. The van der Waals surface area contributed by atoms with Gasteiger partial charge >= 0.3 is 0 Å². The molecule has 0 aliphatic heterocycles. The number of hydrogen-bond acceptors (Lipinski definition) is 4. The fourth-order valence-electron chi connectivity index (χ4n) is 2.71. The van der Waals surface area contributed by atoms with Crippen LogP contribution in [0.25, 0.3) is 5.69 Å². The molecule has 2 aromatic heterocycles. The molecule has 0 unspecified atom stereocenters. The van der Waals surface area contributed by atoms with Crippen molar-refractivity contribution in [3.05, 3.63) is 60.4 Å². The van der Waals surface area contributed by atoms with Crippen LogP contribution in [0.2, 0.25) is 0 Å². The summed E-state index contributed by atoms with van der Waals surface area (Å²) >= 11 is 0. The number of nitrogens with zero attached hydrogens (tertiary/aromatic N) is 6. The number of benzene rings is 1. The van der Waals surface area contributed by atoms with E-state index in [1.54, 1.807) is 6.33 Å². The quantitative estimate of drug-likeness (QED) is 0.469. The Labute approximate surface area is 159 Å². The lowest BCUT2D eigenvalue weighted by Gasteiger charge is -2.12. The van der Waals surface area contributed by atoms with Gasteiger partial charge in [0.25, 0.3) is 0 Å². The van der Waals surface area contributed by atoms with E-state index in [0.717, 1.165) is 49.1 Å². The van der Waals surface area contributed by atoms with Gasteiger partial charge in [-0.3, -0.25) is 0 Å². The Hall–Kier alpha value is -3.16. The second kappa shape index (κ2) is 9.51. The van der Waals surface area contributed by atoms with Crippen LogP contribution >= 0.6 is 0 Å². The molecule has 0 bridgehead atoms. The Bertz CT molecular complexity index is 849. The molecule has 3 aromatic rings. The molecule has 8 heteroatoms.